The van der Waals surface area contributed by atoms with Crippen LogP contribution in [0.15, 0.2) is 24.3 Å². The highest BCUT2D eigenvalue weighted by atomic mass is 19.4. The average molecular weight is 366 g/mol. The number of aliphatic carboxylic acids is 1. The lowest BCUT2D eigenvalue weighted by Crippen LogP contribution is -2.14. The lowest BCUT2D eigenvalue weighted by Gasteiger charge is -2.18. The molecule has 0 aliphatic heterocycles. The van der Waals surface area contributed by atoms with E-state index in [-0.39, 0.29) is 23.0 Å². The van der Waals surface area contributed by atoms with Crippen molar-refractivity contribution in [3.63, 3.8) is 0 Å². The third-order valence-corrected chi connectivity index (χ3v) is 4.56. The predicted molar refractivity (Wildman–Crippen MR) is 86.5 cm³/mol. The van der Waals surface area contributed by atoms with Gasteiger partial charge in [-0.25, -0.2) is 4.79 Å². The molecule has 0 radical (unpaired) electrons. The zero-order chi connectivity index (χ0) is 18.9. The van der Waals surface area contributed by atoms with Crippen molar-refractivity contribution < 1.29 is 23.1 Å². The number of alkyl halides is 3. The van der Waals surface area contributed by atoms with Crippen molar-refractivity contribution in [1.29, 1.82) is 0 Å². The Morgan fingerprint density at radius 3 is 2.54 bits per heavy atom. The Bertz CT molecular complexity index is 852. The van der Waals surface area contributed by atoms with Crippen LogP contribution in [0.4, 0.5) is 13.2 Å². The van der Waals surface area contributed by atoms with Crippen molar-refractivity contribution in [2.45, 2.75) is 38.8 Å². The first-order valence-corrected chi connectivity index (χ1v) is 8.19. The molecular formula is C17H17F3N4O2. The smallest absolute Gasteiger partial charge is 0.418 e. The first-order valence-electron chi connectivity index (χ1n) is 8.19. The summed E-state index contributed by atoms with van der Waals surface area (Å²) in [5.74, 6) is -0.992. The fourth-order valence-electron chi connectivity index (χ4n) is 3.39. The molecule has 2 aromatic rings. The third kappa shape index (κ3) is 3.61. The van der Waals surface area contributed by atoms with Crippen LogP contribution < -0.4 is 0 Å². The van der Waals surface area contributed by atoms with E-state index in [9.17, 15) is 18.0 Å². The van der Waals surface area contributed by atoms with Crippen molar-refractivity contribution >= 4 is 11.5 Å². The number of hydrogen-bond acceptors (Lipinski definition) is 4. The Morgan fingerprint density at radius 1 is 1.31 bits per heavy atom. The quantitative estimate of drug-likeness (QED) is 0.836. The number of hydrogen-bond donors (Lipinski definition) is 1. The average Bonchev–Trinajstić information content (AvgIpc) is 3.22. The summed E-state index contributed by atoms with van der Waals surface area (Å²) in [6.45, 7) is 1.50. The van der Waals surface area contributed by atoms with E-state index in [0.717, 1.165) is 42.5 Å². The van der Waals surface area contributed by atoms with Gasteiger partial charge in [-0.1, -0.05) is 18.9 Å². The predicted octanol–water partition coefficient (Wildman–Crippen LogP) is 3.65. The second-order valence-electron chi connectivity index (χ2n) is 6.29. The van der Waals surface area contributed by atoms with E-state index in [1.54, 1.807) is 0 Å². The molecule has 6 nitrogen and oxygen atoms in total. The number of carboxylic acids is 1. The van der Waals surface area contributed by atoms with E-state index in [2.05, 4.69) is 15.5 Å². The molecule has 1 aromatic carbocycles. The van der Waals surface area contributed by atoms with Crippen molar-refractivity contribution in [3.8, 4) is 5.69 Å². The lowest BCUT2D eigenvalue weighted by atomic mass is 9.89. The molecule has 1 aromatic heterocycles. The van der Waals surface area contributed by atoms with Gasteiger partial charge in [-0.15, -0.1) is 5.10 Å². The highest BCUT2D eigenvalue weighted by Gasteiger charge is 2.36. The van der Waals surface area contributed by atoms with Gasteiger partial charge in [0, 0.05) is 6.08 Å². The molecule has 138 valence electrons. The molecule has 0 amide bonds. The van der Waals surface area contributed by atoms with Crippen LogP contribution in [0.2, 0.25) is 0 Å². The molecule has 1 heterocycles. The van der Waals surface area contributed by atoms with Crippen molar-refractivity contribution in [2.75, 3.05) is 0 Å². The molecule has 3 rings (SSSR count). The van der Waals surface area contributed by atoms with Crippen LogP contribution in [-0.2, 0) is 11.0 Å². The van der Waals surface area contributed by atoms with Gasteiger partial charge in [-0.3, -0.25) is 0 Å². The summed E-state index contributed by atoms with van der Waals surface area (Å²) in [7, 11) is 0. The summed E-state index contributed by atoms with van der Waals surface area (Å²) >= 11 is 0. The Balaban J connectivity index is 2.14. The molecule has 26 heavy (non-hydrogen) atoms. The number of nitrogens with zero attached hydrogens (tertiary/aromatic N) is 4. The monoisotopic (exact) mass is 366 g/mol. The first kappa shape index (κ1) is 18.1. The Hall–Kier alpha value is -2.71. The van der Waals surface area contributed by atoms with Crippen LogP contribution in [0.25, 0.3) is 11.3 Å². The minimum Gasteiger partial charge on any atom is -0.478 e. The van der Waals surface area contributed by atoms with E-state index >= 15 is 0 Å². The number of aryl methyl sites for hydroxylation is 1. The molecule has 9 heteroatoms. The molecule has 1 fully saturated rings. The topological polar surface area (TPSA) is 80.9 Å². The van der Waals surface area contributed by atoms with Crippen LogP contribution in [-0.4, -0.2) is 31.3 Å². The van der Waals surface area contributed by atoms with Gasteiger partial charge in [0.05, 0.1) is 11.3 Å². The third-order valence-electron chi connectivity index (χ3n) is 4.56. The number of rotatable bonds is 4. The summed E-state index contributed by atoms with van der Waals surface area (Å²) in [5.41, 5.74) is -0.397. The summed E-state index contributed by atoms with van der Waals surface area (Å²) < 4.78 is 41.9. The second kappa shape index (κ2) is 6.89. The Kier molecular flexibility index (Phi) is 4.80. The minimum absolute atomic E-state index is 0.0483. The summed E-state index contributed by atoms with van der Waals surface area (Å²) in [6.07, 6.45) is -0.185. The summed E-state index contributed by atoms with van der Waals surface area (Å²) in [5, 5.41) is 19.8. The van der Waals surface area contributed by atoms with Gasteiger partial charge in [0.15, 0.2) is 5.82 Å². The van der Waals surface area contributed by atoms with E-state index < -0.39 is 17.7 Å². The molecular weight excluding hydrogens is 349 g/mol. The van der Waals surface area contributed by atoms with Crippen molar-refractivity contribution in [1.82, 2.24) is 20.2 Å². The largest absolute Gasteiger partial charge is 0.478 e. The molecule has 0 spiro atoms. The first-order chi connectivity index (χ1) is 12.3. The molecule has 1 aliphatic rings. The Morgan fingerprint density at radius 2 is 2.00 bits per heavy atom. The van der Waals surface area contributed by atoms with E-state index in [1.807, 2.05) is 0 Å². The van der Waals surface area contributed by atoms with Gasteiger partial charge < -0.3 is 5.11 Å². The van der Waals surface area contributed by atoms with Gasteiger partial charge in [0.2, 0.25) is 0 Å². The fourth-order valence-corrected chi connectivity index (χ4v) is 3.39. The normalized spacial score (nSPS) is 16.2. The van der Waals surface area contributed by atoms with Crippen LogP contribution in [0.5, 0.6) is 0 Å². The van der Waals surface area contributed by atoms with Crippen LogP contribution in [0, 0.1) is 12.8 Å². The van der Waals surface area contributed by atoms with Gasteiger partial charge >= 0.3 is 12.1 Å². The number of halogens is 3. The van der Waals surface area contributed by atoms with Gasteiger partial charge in [-0.05, 0) is 59.4 Å². The number of aromatic nitrogens is 4. The minimum atomic E-state index is -4.63. The van der Waals surface area contributed by atoms with Gasteiger partial charge in [0.1, 0.15) is 0 Å². The standard InChI is InChI=1S/C17H17F3N4O2/c1-10-21-22-23-24(10)15-7-6-12(8-14(15)17(18,19)20)13(9-16(25)26)11-4-2-3-5-11/h6-9,11H,2-5H2,1H3,(H,25,26)/b13-9+. The molecule has 1 saturated carbocycles. The Labute approximate surface area is 147 Å². The maximum Gasteiger partial charge on any atom is 0.418 e. The lowest BCUT2D eigenvalue weighted by molar-refractivity contribution is -0.137. The molecule has 0 unspecified atom stereocenters. The van der Waals surface area contributed by atoms with Crippen LogP contribution in [0.3, 0.4) is 0 Å². The maximum absolute atomic E-state index is 13.6. The highest BCUT2D eigenvalue weighted by molar-refractivity contribution is 5.90. The van der Waals surface area contributed by atoms with E-state index in [4.69, 9.17) is 5.11 Å². The zero-order valence-corrected chi connectivity index (χ0v) is 14.0. The number of tetrazole rings is 1. The SMILES string of the molecule is Cc1nnnn1-c1ccc(/C(=C/C(=O)O)C2CCCC2)cc1C(F)(F)F. The zero-order valence-electron chi connectivity index (χ0n) is 14.0. The van der Waals surface area contributed by atoms with Crippen molar-refractivity contribution in [3.05, 3.63) is 41.2 Å². The molecule has 1 N–H and O–H groups in total. The van der Waals surface area contributed by atoms with Crippen molar-refractivity contribution in [2.24, 2.45) is 5.92 Å². The molecule has 0 atom stereocenters. The fraction of sp³-hybridized carbons (Fsp3) is 0.412. The van der Waals surface area contributed by atoms with Gasteiger partial charge in [0.25, 0.3) is 0 Å². The van der Waals surface area contributed by atoms with E-state index in [1.165, 1.54) is 19.1 Å². The number of benzene rings is 1. The molecule has 0 saturated heterocycles. The van der Waals surface area contributed by atoms with Crippen LogP contribution >= 0.6 is 0 Å². The van der Waals surface area contributed by atoms with Crippen LogP contribution in [0.1, 0.15) is 42.6 Å². The number of carbonyl (C=O) groups is 1. The maximum atomic E-state index is 13.6. The number of carboxylic acid groups (broad SMARTS) is 1. The van der Waals surface area contributed by atoms with Gasteiger partial charge in [-0.2, -0.15) is 17.9 Å². The number of allylic oxidation sites excluding steroid dienone is 1. The highest BCUT2D eigenvalue weighted by Crippen LogP contribution is 2.40. The molecule has 0 bridgehead atoms. The van der Waals surface area contributed by atoms with E-state index in [0.29, 0.717) is 5.57 Å². The summed E-state index contributed by atoms with van der Waals surface area (Å²) in [4.78, 5) is 11.2. The molecule has 1 aliphatic carbocycles. The summed E-state index contributed by atoms with van der Waals surface area (Å²) in [6, 6.07) is 3.77. The second-order valence-corrected chi connectivity index (χ2v) is 6.29.